The Morgan fingerprint density at radius 2 is 1.93 bits per heavy atom. The molecule has 0 amide bonds. The number of ether oxygens (including phenoxy) is 1. The Morgan fingerprint density at radius 3 is 2.69 bits per heavy atom. The molecule has 0 aliphatic carbocycles. The molecule has 0 unspecified atom stereocenters. The number of anilines is 1. The van der Waals surface area contributed by atoms with Crippen molar-refractivity contribution in [3.63, 3.8) is 0 Å². The van der Waals surface area contributed by atoms with Crippen LogP contribution in [0.4, 0.5) is 5.95 Å². The third-order valence-corrected chi connectivity index (χ3v) is 5.52. The van der Waals surface area contributed by atoms with Gasteiger partial charge in [0.15, 0.2) is 0 Å². The highest BCUT2D eigenvalue weighted by molar-refractivity contribution is 5.97. The largest absolute Gasteiger partial charge is 0.494 e. The van der Waals surface area contributed by atoms with E-state index in [1.54, 1.807) is 11.6 Å². The molecule has 0 bridgehead atoms. The van der Waals surface area contributed by atoms with E-state index in [9.17, 15) is 5.11 Å². The predicted octanol–water partition coefficient (Wildman–Crippen LogP) is 2.24. The smallest absolute Gasteiger partial charge is 0.222 e. The van der Waals surface area contributed by atoms with E-state index >= 15 is 0 Å². The average molecular weight is 389 g/mol. The maximum Gasteiger partial charge on any atom is 0.222 e. The monoisotopic (exact) mass is 389 g/mol. The second-order valence-corrected chi connectivity index (χ2v) is 7.55. The van der Waals surface area contributed by atoms with Crippen LogP contribution in [0.1, 0.15) is 16.8 Å². The molecule has 4 aromatic rings. The number of benzene rings is 2. The van der Waals surface area contributed by atoms with E-state index in [1.165, 1.54) is 11.1 Å². The van der Waals surface area contributed by atoms with Crippen LogP contribution in [0.15, 0.2) is 48.5 Å². The van der Waals surface area contributed by atoms with E-state index < -0.39 is 0 Å². The lowest BCUT2D eigenvalue weighted by Crippen LogP contribution is -2.49. The first kappa shape index (κ1) is 17.9. The fourth-order valence-corrected chi connectivity index (χ4v) is 4.05. The quantitative estimate of drug-likeness (QED) is 0.544. The van der Waals surface area contributed by atoms with Crippen LogP contribution < -0.4 is 10.5 Å². The normalized spacial score (nSPS) is 15.1. The van der Waals surface area contributed by atoms with Gasteiger partial charge in [-0.15, -0.1) is 0 Å². The van der Waals surface area contributed by atoms with Crippen molar-refractivity contribution in [1.29, 1.82) is 0 Å². The number of β-amino-alcohol motifs (C(OH)–C–C–N with tert-alkyl or cyclic N) is 1. The van der Waals surface area contributed by atoms with Gasteiger partial charge in [0.05, 0.1) is 24.4 Å². The maximum atomic E-state index is 9.55. The van der Waals surface area contributed by atoms with Crippen molar-refractivity contribution < 1.29 is 9.84 Å². The summed E-state index contributed by atoms with van der Waals surface area (Å²) in [6, 6.07) is 16.3. The fourth-order valence-electron chi connectivity index (χ4n) is 4.05. The number of hydrogen-bond acceptors (Lipinski definition) is 6. The van der Waals surface area contributed by atoms with Crippen LogP contribution in [0, 0.1) is 0 Å². The van der Waals surface area contributed by atoms with Gasteiger partial charge >= 0.3 is 0 Å². The minimum absolute atomic E-state index is 0.193. The van der Waals surface area contributed by atoms with E-state index in [2.05, 4.69) is 40.2 Å². The van der Waals surface area contributed by atoms with E-state index in [0.717, 1.165) is 41.7 Å². The summed E-state index contributed by atoms with van der Waals surface area (Å²) in [5.74, 6) is 1.03. The molecule has 0 saturated carbocycles. The average Bonchev–Trinajstić information content (AvgIpc) is 3.13. The number of nitrogen functional groups attached to an aromatic ring is 1. The van der Waals surface area contributed by atoms with Crippen molar-refractivity contribution in [2.75, 3.05) is 25.9 Å². The van der Waals surface area contributed by atoms with Crippen LogP contribution in [-0.2, 0) is 13.0 Å². The molecule has 5 rings (SSSR count). The third-order valence-electron chi connectivity index (χ3n) is 5.52. The summed E-state index contributed by atoms with van der Waals surface area (Å²) in [6.45, 7) is 2.31. The molecule has 0 atom stereocenters. The van der Waals surface area contributed by atoms with Crippen molar-refractivity contribution >= 4 is 22.4 Å². The van der Waals surface area contributed by atoms with Crippen LogP contribution in [-0.4, -0.2) is 50.9 Å². The number of methoxy groups -OCH3 is 1. The van der Waals surface area contributed by atoms with Crippen molar-refractivity contribution in [2.45, 2.75) is 19.1 Å². The Labute approximate surface area is 168 Å². The lowest BCUT2D eigenvalue weighted by Gasteiger charge is -2.36. The van der Waals surface area contributed by atoms with Crippen molar-refractivity contribution in [3.05, 3.63) is 65.4 Å². The van der Waals surface area contributed by atoms with Gasteiger partial charge < -0.3 is 15.6 Å². The van der Waals surface area contributed by atoms with Crippen molar-refractivity contribution in [1.82, 2.24) is 19.5 Å². The fraction of sp³-hybridized carbons (Fsp3) is 0.273. The molecule has 0 spiro atoms. The molecule has 1 aliphatic rings. The molecular weight excluding hydrogens is 366 g/mol. The number of likely N-dealkylation sites (tertiary alicyclic amines) is 1. The Hall–Kier alpha value is -3.16. The van der Waals surface area contributed by atoms with Gasteiger partial charge in [-0.1, -0.05) is 36.4 Å². The number of hydrogen-bond donors (Lipinski definition) is 2. The van der Waals surface area contributed by atoms with E-state index in [-0.39, 0.29) is 6.10 Å². The molecular formula is C22H23N5O2. The minimum Gasteiger partial charge on any atom is -0.494 e. The van der Waals surface area contributed by atoms with E-state index in [0.29, 0.717) is 18.1 Å². The Balaban J connectivity index is 1.52. The second-order valence-electron chi connectivity index (χ2n) is 7.55. The summed E-state index contributed by atoms with van der Waals surface area (Å²) < 4.78 is 7.14. The van der Waals surface area contributed by atoms with Crippen molar-refractivity contribution in [3.8, 4) is 5.75 Å². The number of rotatable bonds is 5. The summed E-state index contributed by atoms with van der Waals surface area (Å²) in [5, 5.41) is 15.2. The highest BCUT2D eigenvalue weighted by atomic mass is 16.5. The highest BCUT2D eigenvalue weighted by Crippen LogP contribution is 2.29. The number of aliphatic hydroxyl groups is 1. The zero-order valence-electron chi connectivity index (χ0n) is 16.2. The second kappa shape index (κ2) is 7.02. The van der Waals surface area contributed by atoms with Gasteiger partial charge in [-0.05, 0) is 23.3 Å². The number of nitrogens with two attached hydrogens (primary N) is 1. The Kier molecular flexibility index (Phi) is 4.34. The zero-order valence-corrected chi connectivity index (χ0v) is 16.2. The standard InChI is InChI=1S/C22H23N5O2/c1-29-20-8-4-7-18-19-10-16(25-27(19)22(23)24-21(18)20)9-14-5-2-3-6-15(14)11-26-12-17(28)13-26/h2-8,10,17,28H,9,11-13H2,1H3,(H2,23,24). The van der Waals surface area contributed by atoms with Gasteiger partial charge in [0.2, 0.25) is 5.95 Å². The predicted molar refractivity (Wildman–Crippen MR) is 112 cm³/mol. The number of aromatic nitrogens is 3. The SMILES string of the molecule is COc1cccc2c1nc(N)n1nc(Cc3ccccc3CN3CC(O)C3)cc21. The summed E-state index contributed by atoms with van der Waals surface area (Å²) in [6.07, 6.45) is 0.514. The first-order valence-corrected chi connectivity index (χ1v) is 9.70. The maximum absolute atomic E-state index is 9.55. The third kappa shape index (κ3) is 3.18. The van der Waals surface area contributed by atoms with Crippen LogP contribution in [0.25, 0.3) is 16.4 Å². The lowest BCUT2D eigenvalue weighted by molar-refractivity contribution is -0.00299. The molecule has 1 aliphatic heterocycles. The first-order valence-electron chi connectivity index (χ1n) is 9.70. The van der Waals surface area contributed by atoms with Crippen LogP contribution in [0.2, 0.25) is 0 Å². The van der Waals surface area contributed by atoms with Crippen molar-refractivity contribution in [2.24, 2.45) is 0 Å². The molecule has 29 heavy (non-hydrogen) atoms. The molecule has 1 fully saturated rings. The molecule has 7 nitrogen and oxygen atoms in total. The van der Waals surface area contributed by atoms with E-state index in [4.69, 9.17) is 15.6 Å². The molecule has 2 aromatic heterocycles. The van der Waals surface area contributed by atoms with Gasteiger partial charge in [0.25, 0.3) is 0 Å². The van der Waals surface area contributed by atoms with E-state index in [1.807, 2.05) is 18.2 Å². The molecule has 1 saturated heterocycles. The highest BCUT2D eigenvalue weighted by Gasteiger charge is 2.24. The number of aliphatic hydroxyl groups excluding tert-OH is 1. The molecule has 2 aromatic carbocycles. The lowest BCUT2D eigenvalue weighted by atomic mass is 10.0. The number of fused-ring (bicyclic) bond motifs is 3. The van der Waals surface area contributed by atoms with Crippen LogP contribution >= 0.6 is 0 Å². The Morgan fingerprint density at radius 1 is 1.14 bits per heavy atom. The molecule has 3 heterocycles. The molecule has 148 valence electrons. The molecule has 3 N–H and O–H groups in total. The Bertz CT molecular complexity index is 1200. The topological polar surface area (TPSA) is 88.9 Å². The van der Waals surface area contributed by atoms with Crippen LogP contribution in [0.3, 0.4) is 0 Å². The summed E-state index contributed by atoms with van der Waals surface area (Å²) in [7, 11) is 1.63. The summed E-state index contributed by atoms with van der Waals surface area (Å²) in [5.41, 5.74) is 11.3. The number of para-hydroxylation sites is 1. The first-order chi connectivity index (χ1) is 14.1. The summed E-state index contributed by atoms with van der Waals surface area (Å²) in [4.78, 5) is 6.75. The van der Waals surface area contributed by atoms with Gasteiger partial charge in [-0.2, -0.15) is 9.61 Å². The minimum atomic E-state index is -0.193. The van der Waals surface area contributed by atoms with Gasteiger partial charge in [0.1, 0.15) is 11.3 Å². The molecule has 7 heteroatoms. The molecule has 0 radical (unpaired) electrons. The van der Waals surface area contributed by atoms with Crippen LogP contribution in [0.5, 0.6) is 5.75 Å². The van der Waals surface area contributed by atoms with Gasteiger partial charge in [0, 0.05) is 31.4 Å². The summed E-state index contributed by atoms with van der Waals surface area (Å²) >= 11 is 0. The van der Waals surface area contributed by atoms with Gasteiger partial charge in [-0.25, -0.2) is 4.98 Å². The van der Waals surface area contributed by atoms with Gasteiger partial charge in [-0.3, -0.25) is 4.90 Å². The zero-order chi connectivity index (χ0) is 20.0. The number of nitrogens with zero attached hydrogens (tertiary/aromatic N) is 4.